The molecule has 0 saturated heterocycles. The van der Waals surface area contributed by atoms with E-state index in [1.807, 2.05) is 13.1 Å². The van der Waals surface area contributed by atoms with E-state index in [-0.39, 0.29) is 17.2 Å². The van der Waals surface area contributed by atoms with E-state index >= 15 is 0 Å². The summed E-state index contributed by atoms with van der Waals surface area (Å²) in [5.41, 5.74) is 6.08. The molecule has 160 valence electrons. The van der Waals surface area contributed by atoms with Crippen molar-refractivity contribution in [3.05, 3.63) is 24.6 Å². The van der Waals surface area contributed by atoms with E-state index in [9.17, 15) is 9.90 Å². The Kier molecular flexibility index (Phi) is 12.8. The van der Waals surface area contributed by atoms with Gasteiger partial charge in [-0.1, -0.05) is 76.9 Å². The predicted molar refractivity (Wildman–Crippen MR) is 118 cm³/mol. The Morgan fingerprint density at radius 3 is 2.21 bits per heavy atom. The molecule has 1 heterocycles. The van der Waals surface area contributed by atoms with Crippen molar-refractivity contribution in [2.24, 2.45) is 10.7 Å². The topological polar surface area (TPSA) is 75.7 Å². The largest absolute Gasteiger partial charge is 0.477 e. The summed E-state index contributed by atoms with van der Waals surface area (Å²) < 4.78 is 0.140. The Morgan fingerprint density at radius 2 is 1.64 bits per heavy atom. The van der Waals surface area contributed by atoms with E-state index in [2.05, 4.69) is 24.1 Å². The Balaban J connectivity index is 2.11. The average Bonchev–Trinajstić information content (AvgIpc) is 3.05. The Hall–Kier alpha value is -1.46. The number of aliphatic imine (C=N–C) groups is 1. The second-order valence-electron chi connectivity index (χ2n) is 8.05. The van der Waals surface area contributed by atoms with Gasteiger partial charge in [-0.2, -0.15) is 0 Å². The molecule has 5 nitrogen and oxygen atoms in total. The van der Waals surface area contributed by atoms with Gasteiger partial charge in [-0.3, -0.25) is 5.73 Å². The first-order chi connectivity index (χ1) is 13.5. The SMILES string of the molecule is CCCCCCCCCCCC/C=C/CCC1=NC=C[N+]1(CC(=O)O)C(C)N. The number of carboxylic acid groups (broad SMARTS) is 1. The van der Waals surface area contributed by atoms with Crippen molar-refractivity contribution < 1.29 is 14.4 Å². The van der Waals surface area contributed by atoms with Crippen molar-refractivity contribution in [3.8, 4) is 0 Å². The summed E-state index contributed by atoms with van der Waals surface area (Å²) in [6, 6.07) is 0. The predicted octanol–water partition coefficient (Wildman–Crippen LogP) is 5.72. The van der Waals surface area contributed by atoms with Crippen molar-refractivity contribution in [2.45, 2.75) is 103 Å². The van der Waals surface area contributed by atoms with E-state index in [1.165, 1.54) is 64.2 Å². The number of unbranched alkanes of at least 4 members (excludes halogenated alkanes) is 10. The highest BCUT2D eigenvalue weighted by molar-refractivity contribution is 5.81. The fourth-order valence-corrected chi connectivity index (χ4v) is 3.78. The summed E-state index contributed by atoms with van der Waals surface area (Å²) in [4.78, 5) is 15.6. The first kappa shape index (κ1) is 24.6. The number of carboxylic acids is 1. The quantitative estimate of drug-likeness (QED) is 0.189. The van der Waals surface area contributed by atoms with Crippen LogP contribution < -0.4 is 5.73 Å². The van der Waals surface area contributed by atoms with Gasteiger partial charge in [0.15, 0.2) is 6.54 Å². The molecule has 0 aromatic carbocycles. The van der Waals surface area contributed by atoms with Gasteiger partial charge in [0.2, 0.25) is 5.84 Å². The normalized spacial score (nSPS) is 20.0. The number of nitrogens with zero attached hydrogens (tertiary/aromatic N) is 2. The maximum Gasteiger partial charge on any atom is 0.360 e. The number of carbonyl (C=O) groups is 1. The smallest absolute Gasteiger partial charge is 0.360 e. The average molecular weight is 393 g/mol. The van der Waals surface area contributed by atoms with Crippen LogP contribution in [-0.4, -0.2) is 34.1 Å². The maximum absolute atomic E-state index is 11.2. The number of amidine groups is 1. The molecule has 2 unspecified atom stereocenters. The molecule has 0 spiro atoms. The number of nitrogens with two attached hydrogens (primary N) is 1. The van der Waals surface area contributed by atoms with Crippen LogP contribution in [0.1, 0.15) is 97.3 Å². The molecular weight excluding hydrogens is 350 g/mol. The van der Waals surface area contributed by atoms with Crippen LogP contribution in [0.3, 0.4) is 0 Å². The van der Waals surface area contributed by atoms with Crippen molar-refractivity contribution in [1.29, 1.82) is 0 Å². The summed E-state index contributed by atoms with van der Waals surface area (Å²) in [5.74, 6) is -0.00552. The van der Waals surface area contributed by atoms with E-state index in [1.54, 1.807) is 6.20 Å². The molecule has 0 bridgehead atoms. The van der Waals surface area contributed by atoms with E-state index in [4.69, 9.17) is 5.73 Å². The number of rotatable bonds is 17. The van der Waals surface area contributed by atoms with Crippen LogP contribution in [0.25, 0.3) is 0 Å². The third-order valence-electron chi connectivity index (χ3n) is 5.59. The molecule has 0 aromatic rings. The summed E-state index contributed by atoms with van der Waals surface area (Å²) in [6.45, 7) is 4.06. The third-order valence-corrected chi connectivity index (χ3v) is 5.59. The van der Waals surface area contributed by atoms with Crippen LogP contribution in [0.15, 0.2) is 29.5 Å². The van der Waals surface area contributed by atoms with Gasteiger partial charge in [0.25, 0.3) is 0 Å². The van der Waals surface area contributed by atoms with Crippen molar-refractivity contribution in [2.75, 3.05) is 6.54 Å². The van der Waals surface area contributed by atoms with Gasteiger partial charge in [0, 0.05) is 13.3 Å². The molecule has 0 fully saturated rings. The van der Waals surface area contributed by atoms with Crippen LogP contribution in [0.4, 0.5) is 0 Å². The van der Waals surface area contributed by atoms with Crippen LogP contribution in [0.2, 0.25) is 0 Å². The Morgan fingerprint density at radius 1 is 1.07 bits per heavy atom. The van der Waals surface area contributed by atoms with Crippen molar-refractivity contribution >= 4 is 11.8 Å². The molecule has 1 aliphatic rings. The standard InChI is InChI=1S/C23H41N3O2/c1-3-4-5-6-7-8-9-10-11-12-13-14-15-16-17-22-25-18-19-26(22,21(2)24)20-23(27)28/h14-15,18-19,21H,3-13,16-17,20,24H2,1-2H3/p+1/b15-14+. The van der Waals surface area contributed by atoms with Gasteiger partial charge in [-0.05, 0) is 19.3 Å². The number of hydrogen-bond acceptors (Lipinski definition) is 3. The summed E-state index contributed by atoms with van der Waals surface area (Å²) in [5, 5.41) is 9.23. The van der Waals surface area contributed by atoms with Gasteiger partial charge in [-0.25, -0.2) is 14.3 Å². The third kappa shape index (κ3) is 9.16. The lowest BCUT2D eigenvalue weighted by Gasteiger charge is -2.34. The minimum Gasteiger partial charge on any atom is -0.477 e. The molecule has 0 aliphatic carbocycles. The second kappa shape index (κ2) is 14.5. The van der Waals surface area contributed by atoms with Gasteiger partial charge in [0.05, 0.1) is 6.20 Å². The summed E-state index contributed by atoms with van der Waals surface area (Å²) in [6.07, 6.45) is 24.0. The molecule has 0 aromatic heterocycles. The van der Waals surface area contributed by atoms with E-state index in [0.717, 1.165) is 25.1 Å². The fraction of sp³-hybridized carbons (Fsp3) is 0.739. The number of aliphatic carboxylic acids is 1. The van der Waals surface area contributed by atoms with Crippen LogP contribution in [-0.2, 0) is 4.79 Å². The first-order valence-corrected chi connectivity index (χ1v) is 11.3. The molecule has 1 rings (SSSR count). The molecule has 0 amide bonds. The Bertz CT molecular complexity index is 526. The summed E-state index contributed by atoms with van der Waals surface area (Å²) in [7, 11) is 0. The highest BCUT2D eigenvalue weighted by Crippen LogP contribution is 2.22. The van der Waals surface area contributed by atoms with Crippen LogP contribution in [0, 0.1) is 0 Å². The van der Waals surface area contributed by atoms with E-state index in [0.29, 0.717) is 0 Å². The minimum atomic E-state index is -0.854. The fourth-order valence-electron chi connectivity index (χ4n) is 3.78. The molecule has 0 saturated carbocycles. The van der Waals surface area contributed by atoms with Gasteiger partial charge in [0.1, 0.15) is 12.4 Å². The number of allylic oxidation sites excluding steroid dienone is 2. The highest BCUT2D eigenvalue weighted by atomic mass is 16.4. The van der Waals surface area contributed by atoms with Crippen molar-refractivity contribution in [3.63, 3.8) is 0 Å². The molecule has 3 N–H and O–H groups in total. The lowest BCUT2D eigenvalue weighted by molar-refractivity contribution is -0.805. The molecule has 5 heteroatoms. The van der Waals surface area contributed by atoms with E-state index < -0.39 is 5.97 Å². The molecular formula is C23H42N3O2+. The second-order valence-corrected chi connectivity index (χ2v) is 8.05. The molecule has 28 heavy (non-hydrogen) atoms. The summed E-state index contributed by atoms with van der Waals surface area (Å²) >= 11 is 0. The molecule has 0 radical (unpaired) electrons. The lowest BCUT2D eigenvalue weighted by atomic mass is 10.1. The number of quaternary nitrogens is 1. The monoisotopic (exact) mass is 392 g/mol. The number of hydrogen-bond donors (Lipinski definition) is 2. The first-order valence-electron chi connectivity index (χ1n) is 11.3. The molecule has 1 aliphatic heterocycles. The van der Waals surface area contributed by atoms with Crippen molar-refractivity contribution in [1.82, 2.24) is 0 Å². The zero-order valence-electron chi connectivity index (χ0n) is 18.1. The van der Waals surface area contributed by atoms with Gasteiger partial charge >= 0.3 is 5.97 Å². The Labute approximate surface area is 172 Å². The minimum absolute atomic E-state index is 0.0463. The van der Waals surface area contributed by atoms with Crippen LogP contribution >= 0.6 is 0 Å². The lowest BCUT2D eigenvalue weighted by Crippen LogP contribution is -2.59. The van der Waals surface area contributed by atoms with Gasteiger partial charge in [-0.15, -0.1) is 0 Å². The zero-order valence-corrected chi connectivity index (χ0v) is 18.1. The highest BCUT2D eigenvalue weighted by Gasteiger charge is 2.40. The molecule has 2 atom stereocenters. The zero-order chi connectivity index (χ0) is 20.7. The van der Waals surface area contributed by atoms with Gasteiger partial charge < -0.3 is 5.11 Å². The van der Waals surface area contributed by atoms with Crippen LogP contribution in [0.5, 0.6) is 0 Å². The maximum atomic E-state index is 11.2.